The Morgan fingerprint density at radius 3 is 2.22 bits per heavy atom. The normalized spacial score (nSPS) is 12.2. The number of carbonyl (C=O) groups excluding carboxylic acids is 1. The molecule has 0 aliphatic rings. The number of para-hydroxylation sites is 1. The van der Waals surface area contributed by atoms with Crippen LogP contribution in [0.1, 0.15) is 34.6 Å². The summed E-state index contributed by atoms with van der Waals surface area (Å²) in [6, 6.07) is 22.1. The zero-order valence-electron chi connectivity index (χ0n) is 20.8. The predicted octanol–water partition coefficient (Wildman–Crippen LogP) is 4.45. The molecule has 3 aromatic carbocycles. The van der Waals surface area contributed by atoms with Crippen LogP contribution < -0.4 is 15.2 Å². The summed E-state index contributed by atoms with van der Waals surface area (Å²) in [7, 11) is -1.31. The van der Waals surface area contributed by atoms with Crippen LogP contribution in [-0.4, -0.2) is 30.7 Å². The van der Waals surface area contributed by atoms with E-state index in [1.807, 2.05) is 43.3 Å². The van der Waals surface area contributed by atoms with E-state index in [2.05, 4.69) is 5.32 Å². The van der Waals surface area contributed by atoms with Crippen LogP contribution in [0.5, 0.6) is 0 Å². The summed E-state index contributed by atoms with van der Waals surface area (Å²) in [4.78, 5) is 26.1. The number of amides is 1. The minimum absolute atomic E-state index is 0.0185. The first kappa shape index (κ1) is 26.2. The van der Waals surface area contributed by atoms with E-state index in [0.717, 1.165) is 9.87 Å². The van der Waals surface area contributed by atoms with Gasteiger partial charge < -0.3 is 5.32 Å². The Bertz CT molecular complexity index is 1610. The van der Waals surface area contributed by atoms with Gasteiger partial charge in [0.2, 0.25) is 0 Å². The highest BCUT2D eigenvalue weighted by Gasteiger charge is 2.31. The molecule has 0 spiro atoms. The molecule has 0 aliphatic heterocycles. The summed E-state index contributed by atoms with van der Waals surface area (Å²) in [5.74, 6) is -0.450. The summed E-state index contributed by atoms with van der Waals surface area (Å²) in [5.41, 5.74) is 1.56. The first-order valence-corrected chi connectivity index (χ1v) is 13.3. The van der Waals surface area contributed by atoms with Gasteiger partial charge in [0.1, 0.15) is 10.6 Å². The predicted molar refractivity (Wildman–Crippen MR) is 145 cm³/mol. The number of sulfonamides is 1. The number of carbonyl (C=O) groups is 1. The molecule has 10 heteroatoms. The largest absolute Gasteiger partial charge is 0.346 e. The summed E-state index contributed by atoms with van der Waals surface area (Å²) in [6.07, 6.45) is 0. The van der Waals surface area contributed by atoms with Crippen LogP contribution in [0.4, 0.5) is 5.69 Å². The molecule has 1 heterocycles. The molecule has 0 bridgehead atoms. The third-order valence-corrected chi connectivity index (χ3v) is 8.56. The molecule has 0 saturated carbocycles. The van der Waals surface area contributed by atoms with Crippen molar-refractivity contribution in [2.75, 3.05) is 11.4 Å². The van der Waals surface area contributed by atoms with Crippen molar-refractivity contribution in [2.24, 2.45) is 7.05 Å². The van der Waals surface area contributed by atoms with Gasteiger partial charge in [0, 0.05) is 19.7 Å². The lowest BCUT2D eigenvalue weighted by Gasteiger charge is -2.20. The number of rotatable bonds is 7. The van der Waals surface area contributed by atoms with Crippen molar-refractivity contribution in [1.82, 2.24) is 14.7 Å². The van der Waals surface area contributed by atoms with E-state index in [1.165, 1.54) is 29.9 Å². The van der Waals surface area contributed by atoms with E-state index in [0.29, 0.717) is 11.4 Å². The lowest BCUT2D eigenvalue weighted by atomic mass is 10.1. The lowest BCUT2D eigenvalue weighted by molar-refractivity contribution is 0.0939. The second-order valence-corrected chi connectivity index (χ2v) is 11.0. The Morgan fingerprint density at radius 1 is 1.00 bits per heavy atom. The third kappa shape index (κ3) is 4.92. The molecule has 1 amide bonds. The molecule has 0 aliphatic carbocycles. The highest BCUT2D eigenvalue weighted by molar-refractivity contribution is 7.93. The summed E-state index contributed by atoms with van der Waals surface area (Å²) in [6.45, 7) is 3.50. The Balaban J connectivity index is 1.70. The average Bonchev–Trinajstić information content (AvgIpc) is 3.11. The number of anilines is 1. The number of halogens is 1. The molecule has 0 saturated heterocycles. The minimum Gasteiger partial charge on any atom is -0.346 e. The second kappa shape index (κ2) is 10.3. The van der Waals surface area contributed by atoms with Crippen molar-refractivity contribution in [2.45, 2.75) is 24.8 Å². The van der Waals surface area contributed by atoms with Crippen LogP contribution in [0.2, 0.25) is 5.02 Å². The zero-order valence-corrected chi connectivity index (χ0v) is 22.4. The van der Waals surface area contributed by atoms with Gasteiger partial charge in [-0.15, -0.1) is 0 Å². The fourth-order valence-electron chi connectivity index (χ4n) is 4.13. The quantitative estimate of drug-likeness (QED) is 0.376. The molecule has 1 N–H and O–H groups in total. The van der Waals surface area contributed by atoms with Crippen LogP contribution in [0.3, 0.4) is 0 Å². The smallest absolute Gasteiger partial charge is 0.296 e. The van der Waals surface area contributed by atoms with E-state index in [-0.39, 0.29) is 27.2 Å². The maximum absolute atomic E-state index is 13.7. The number of hydrogen-bond donors (Lipinski definition) is 1. The highest BCUT2D eigenvalue weighted by Crippen LogP contribution is 2.29. The third-order valence-electron chi connectivity index (χ3n) is 6.32. The Kier molecular flexibility index (Phi) is 7.29. The number of benzene rings is 3. The second-order valence-electron chi connectivity index (χ2n) is 8.63. The van der Waals surface area contributed by atoms with Crippen LogP contribution in [0, 0.1) is 6.92 Å². The minimum atomic E-state index is -4.30. The first-order chi connectivity index (χ1) is 17.5. The molecule has 1 aromatic heterocycles. The van der Waals surface area contributed by atoms with Gasteiger partial charge in [0.15, 0.2) is 0 Å². The summed E-state index contributed by atoms with van der Waals surface area (Å²) >= 11 is 6.30. The summed E-state index contributed by atoms with van der Waals surface area (Å²) < 4.78 is 31.3. The fraction of sp³-hybridized carbons (Fsp3) is 0.185. The topological polar surface area (TPSA) is 93.4 Å². The van der Waals surface area contributed by atoms with E-state index in [1.54, 1.807) is 42.9 Å². The van der Waals surface area contributed by atoms with Crippen LogP contribution in [0.15, 0.2) is 88.6 Å². The van der Waals surface area contributed by atoms with Crippen molar-refractivity contribution >= 4 is 33.2 Å². The van der Waals surface area contributed by atoms with Crippen molar-refractivity contribution in [1.29, 1.82) is 0 Å². The van der Waals surface area contributed by atoms with E-state index in [9.17, 15) is 18.0 Å². The lowest BCUT2D eigenvalue weighted by Crippen LogP contribution is -2.32. The first-order valence-electron chi connectivity index (χ1n) is 11.5. The monoisotopic (exact) mass is 538 g/mol. The molecule has 0 fully saturated rings. The molecule has 4 rings (SSSR count). The van der Waals surface area contributed by atoms with Crippen molar-refractivity contribution in [3.8, 4) is 5.69 Å². The van der Waals surface area contributed by atoms with Gasteiger partial charge in [-0.05, 0) is 49.7 Å². The molecule has 192 valence electrons. The van der Waals surface area contributed by atoms with Gasteiger partial charge in [0.25, 0.3) is 21.5 Å². The Labute approximate surface area is 220 Å². The molecular weight excluding hydrogens is 512 g/mol. The van der Waals surface area contributed by atoms with Gasteiger partial charge in [-0.1, -0.05) is 60.1 Å². The van der Waals surface area contributed by atoms with Gasteiger partial charge in [-0.3, -0.25) is 18.6 Å². The Morgan fingerprint density at radius 2 is 1.59 bits per heavy atom. The molecule has 8 nitrogen and oxygen atoms in total. The molecule has 1 atom stereocenters. The number of hydrogen-bond acceptors (Lipinski definition) is 4. The van der Waals surface area contributed by atoms with Crippen LogP contribution in [0.25, 0.3) is 5.69 Å². The fourth-order valence-corrected chi connectivity index (χ4v) is 5.88. The van der Waals surface area contributed by atoms with Crippen molar-refractivity contribution < 1.29 is 13.2 Å². The Hall–Kier alpha value is -3.82. The van der Waals surface area contributed by atoms with Gasteiger partial charge >= 0.3 is 0 Å². The van der Waals surface area contributed by atoms with Gasteiger partial charge in [-0.2, -0.15) is 0 Å². The van der Waals surface area contributed by atoms with Crippen LogP contribution in [-0.2, 0) is 17.1 Å². The average molecular weight is 539 g/mol. The number of nitrogens with zero attached hydrogens (tertiary/aromatic N) is 3. The van der Waals surface area contributed by atoms with E-state index in [4.69, 9.17) is 11.6 Å². The summed E-state index contributed by atoms with van der Waals surface area (Å²) in [5, 5.41) is 2.81. The molecular formula is C27H27ClN4O4S. The maximum Gasteiger partial charge on any atom is 0.296 e. The number of aromatic nitrogens is 2. The molecule has 4 aromatic rings. The van der Waals surface area contributed by atoms with Gasteiger partial charge in [-0.25, -0.2) is 13.1 Å². The van der Waals surface area contributed by atoms with Crippen molar-refractivity contribution in [3.63, 3.8) is 0 Å². The SMILES string of the molecule is Cc1c(N(C)S(=O)(=O)c2cc(C(=O)NC(C)c3ccccc3)ccc2Cl)c(=O)n(-c2ccccc2)n1C. The zero-order chi connectivity index (χ0) is 26.9. The van der Waals surface area contributed by atoms with E-state index < -0.39 is 21.5 Å². The molecule has 0 radical (unpaired) electrons. The maximum atomic E-state index is 13.7. The van der Waals surface area contributed by atoms with Gasteiger partial charge in [0.05, 0.1) is 22.4 Å². The highest BCUT2D eigenvalue weighted by atomic mass is 35.5. The molecule has 37 heavy (non-hydrogen) atoms. The standard InChI is InChI=1S/C27H27ClN4O4S/c1-18(20-11-7-5-8-12-20)29-26(33)21-15-16-23(28)24(17-21)37(35,36)31(4)25-19(2)30(3)32(27(25)34)22-13-9-6-10-14-22/h5-18H,1-4H3,(H,29,33). The van der Waals surface area contributed by atoms with Crippen LogP contribution >= 0.6 is 11.6 Å². The van der Waals surface area contributed by atoms with Crippen molar-refractivity contribution in [3.05, 3.63) is 111 Å². The number of nitrogens with one attached hydrogen (secondary N) is 1. The van der Waals surface area contributed by atoms with E-state index >= 15 is 0 Å². The molecule has 1 unspecified atom stereocenters.